The van der Waals surface area contributed by atoms with E-state index in [1.165, 1.54) is 37.0 Å². The number of aromatic nitrogens is 2. The Balaban J connectivity index is 2.51. The molecule has 0 bridgehead atoms. The topological polar surface area (TPSA) is 93.7 Å². The fourth-order valence-electron chi connectivity index (χ4n) is 1.79. The van der Waals surface area contributed by atoms with E-state index in [9.17, 15) is 14.4 Å². The molecule has 7 heteroatoms. The number of benzene rings is 1. The van der Waals surface area contributed by atoms with Crippen molar-refractivity contribution in [2.45, 2.75) is 0 Å². The van der Waals surface area contributed by atoms with E-state index < -0.39 is 17.2 Å². The summed E-state index contributed by atoms with van der Waals surface area (Å²) in [5, 5.41) is 9.07. The summed E-state index contributed by atoms with van der Waals surface area (Å²) in [4.78, 5) is 38.5. The maximum Gasteiger partial charge on any atom is 0.336 e. The Morgan fingerprint density at radius 2 is 1.86 bits per heavy atom. The van der Waals surface area contributed by atoms with Crippen molar-refractivity contribution in [3.05, 3.63) is 62.3 Å². The lowest BCUT2D eigenvalue weighted by atomic mass is 10.1. The molecule has 21 heavy (non-hydrogen) atoms. The molecule has 0 atom stereocenters. The molecule has 0 radical (unpaired) electrons. The van der Waals surface area contributed by atoms with Crippen molar-refractivity contribution >= 4 is 18.0 Å². The van der Waals surface area contributed by atoms with Crippen LogP contribution in [0.15, 0.2) is 44.9 Å². The van der Waals surface area contributed by atoms with Crippen LogP contribution in [-0.2, 0) is 14.1 Å². The van der Waals surface area contributed by atoms with Gasteiger partial charge in [-0.15, -0.1) is 0 Å². The average molecular weight is 287 g/mol. The van der Waals surface area contributed by atoms with Gasteiger partial charge >= 0.3 is 11.7 Å². The average Bonchev–Trinajstić information content (AvgIpc) is 2.47. The second-order valence-electron chi connectivity index (χ2n) is 4.39. The molecule has 0 unspecified atom stereocenters. The Labute approximate surface area is 119 Å². The zero-order valence-corrected chi connectivity index (χ0v) is 11.5. The molecular formula is C14H13N3O4. The molecule has 0 aliphatic rings. The molecule has 1 heterocycles. The van der Waals surface area contributed by atoms with E-state index in [0.29, 0.717) is 5.56 Å². The van der Waals surface area contributed by atoms with Crippen molar-refractivity contribution in [1.82, 2.24) is 9.13 Å². The molecule has 0 aliphatic carbocycles. The highest BCUT2D eigenvalue weighted by molar-refractivity contribution is 5.98. The molecule has 0 amide bonds. The van der Waals surface area contributed by atoms with Gasteiger partial charge in [0.15, 0.2) is 0 Å². The third-order valence-corrected chi connectivity index (χ3v) is 3.03. The van der Waals surface area contributed by atoms with Crippen LogP contribution in [0.1, 0.15) is 15.9 Å². The van der Waals surface area contributed by atoms with Crippen molar-refractivity contribution in [1.29, 1.82) is 0 Å². The number of aromatic carboxylic acids is 1. The van der Waals surface area contributed by atoms with E-state index in [-0.39, 0.29) is 11.4 Å². The fraction of sp³-hybridized carbons (Fsp3) is 0.143. The van der Waals surface area contributed by atoms with Crippen LogP contribution in [0.5, 0.6) is 0 Å². The first-order chi connectivity index (χ1) is 9.91. The van der Waals surface area contributed by atoms with Gasteiger partial charge in [0, 0.05) is 31.9 Å². The molecular weight excluding hydrogens is 274 g/mol. The lowest BCUT2D eigenvalue weighted by molar-refractivity contribution is 0.0697. The van der Waals surface area contributed by atoms with Gasteiger partial charge in [0.2, 0.25) is 0 Å². The van der Waals surface area contributed by atoms with Gasteiger partial charge in [-0.1, -0.05) is 18.2 Å². The van der Waals surface area contributed by atoms with Crippen molar-refractivity contribution < 1.29 is 9.90 Å². The molecule has 0 saturated carbocycles. The molecule has 1 aromatic carbocycles. The summed E-state index contributed by atoms with van der Waals surface area (Å²) in [7, 11) is 2.86. The summed E-state index contributed by atoms with van der Waals surface area (Å²) in [6.45, 7) is 0. The van der Waals surface area contributed by atoms with E-state index in [0.717, 1.165) is 4.57 Å². The molecule has 2 aromatic rings. The van der Waals surface area contributed by atoms with Crippen LogP contribution in [0.2, 0.25) is 0 Å². The number of nitrogens with zero attached hydrogens (tertiary/aromatic N) is 3. The van der Waals surface area contributed by atoms with E-state index in [1.54, 1.807) is 18.2 Å². The van der Waals surface area contributed by atoms with Crippen LogP contribution in [-0.4, -0.2) is 26.4 Å². The van der Waals surface area contributed by atoms with E-state index in [1.807, 2.05) is 0 Å². The van der Waals surface area contributed by atoms with Crippen molar-refractivity contribution in [2.75, 3.05) is 0 Å². The number of carbonyl (C=O) groups is 1. The highest BCUT2D eigenvalue weighted by Crippen LogP contribution is 2.09. The highest BCUT2D eigenvalue weighted by Gasteiger charge is 2.08. The predicted octanol–water partition coefficient (Wildman–Crippen LogP) is 0.533. The van der Waals surface area contributed by atoms with E-state index >= 15 is 0 Å². The number of aliphatic imine (C=N–C) groups is 1. The Kier molecular flexibility index (Phi) is 3.84. The largest absolute Gasteiger partial charge is 0.478 e. The zero-order chi connectivity index (χ0) is 15.6. The monoisotopic (exact) mass is 287 g/mol. The number of hydrogen-bond acceptors (Lipinski definition) is 4. The number of carboxylic acids is 1. The first-order valence-corrected chi connectivity index (χ1v) is 6.05. The van der Waals surface area contributed by atoms with Gasteiger partial charge in [0.05, 0.1) is 5.56 Å². The molecule has 0 aliphatic heterocycles. The number of hydrogen-bond donors (Lipinski definition) is 1. The Bertz CT molecular complexity index is 846. The summed E-state index contributed by atoms with van der Waals surface area (Å²) in [6, 6.07) is 7.53. The van der Waals surface area contributed by atoms with Gasteiger partial charge in [0.25, 0.3) is 5.56 Å². The van der Waals surface area contributed by atoms with Gasteiger partial charge < -0.3 is 5.11 Å². The second-order valence-corrected chi connectivity index (χ2v) is 4.39. The molecule has 1 aromatic heterocycles. The number of carboxylic acid groups (broad SMARTS) is 1. The minimum Gasteiger partial charge on any atom is -0.478 e. The molecule has 7 nitrogen and oxygen atoms in total. The highest BCUT2D eigenvalue weighted by atomic mass is 16.4. The minimum absolute atomic E-state index is 0.0927. The first kappa shape index (κ1) is 14.4. The first-order valence-electron chi connectivity index (χ1n) is 6.05. The quantitative estimate of drug-likeness (QED) is 0.833. The Morgan fingerprint density at radius 1 is 1.19 bits per heavy atom. The van der Waals surface area contributed by atoms with Crippen molar-refractivity contribution in [2.24, 2.45) is 19.1 Å². The summed E-state index contributed by atoms with van der Waals surface area (Å²) in [5.41, 5.74) is -0.494. The van der Waals surface area contributed by atoms with Crippen LogP contribution < -0.4 is 11.2 Å². The number of rotatable bonds is 3. The van der Waals surface area contributed by atoms with Crippen LogP contribution in [0.3, 0.4) is 0 Å². The zero-order valence-electron chi connectivity index (χ0n) is 11.5. The predicted molar refractivity (Wildman–Crippen MR) is 77.6 cm³/mol. The fourth-order valence-corrected chi connectivity index (χ4v) is 1.79. The summed E-state index contributed by atoms with van der Waals surface area (Å²) >= 11 is 0. The van der Waals surface area contributed by atoms with Crippen molar-refractivity contribution in [3.8, 4) is 0 Å². The molecule has 108 valence electrons. The van der Waals surface area contributed by atoms with E-state index in [4.69, 9.17) is 5.11 Å². The lowest BCUT2D eigenvalue weighted by Crippen LogP contribution is -2.35. The maximum absolute atomic E-state index is 11.8. The van der Waals surface area contributed by atoms with Gasteiger partial charge in [0.1, 0.15) is 5.82 Å². The third-order valence-electron chi connectivity index (χ3n) is 3.03. The van der Waals surface area contributed by atoms with Crippen molar-refractivity contribution in [3.63, 3.8) is 0 Å². The SMILES string of the molecule is Cn1c(N=Cc2ccccc2C(=O)O)cc(=O)n(C)c1=O. The van der Waals surface area contributed by atoms with Crippen LogP contribution >= 0.6 is 0 Å². The normalized spacial score (nSPS) is 11.0. The standard InChI is InChI=1S/C14H13N3O4/c1-16-11(7-12(18)17(2)14(16)21)15-8-9-5-3-4-6-10(9)13(19)20/h3-8H,1-2H3,(H,19,20). The van der Waals surface area contributed by atoms with Gasteiger partial charge in [-0.3, -0.25) is 13.9 Å². The maximum atomic E-state index is 11.8. The smallest absolute Gasteiger partial charge is 0.336 e. The lowest BCUT2D eigenvalue weighted by Gasteiger charge is -2.05. The summed E-state index contributed by atoms with van der Waals surface area (Å²) < 4.78 is 2.17. The second kappa shape index (κ2) is 5.58. The summed E-state index contributed by atoms with van der Waals surface area (Å²) in [5.74, 6) is -0.918. The van der Waals surface area contributed by atoms with Gasteiger partial charge in [-0.2, -0.15) is 0 Å². The summed E-state index contributed by atoms with van der Waals surface area (Å²) in [6.07, 6.45) is 1.32. The Hall–Kier alpha value is -2.96. The van der Waals surface area contributed by atoms with Crippen LogP contribution in [0, 0.1) is 0 Å². The molecule has 0 spiro atoms. The molecule has 0 fully saturated rings. The molecule has 0 saturated heterocycles. The Morgan fingerprint density at radius 3 is 2.52 bits per heavy atom. The van der Waals surface area contributed by atoms with Gasteiger partial charge in [-0.25, -0.2) is 14.6 Å². The molecule has 1 N–H and O–H groups in total. The van der Waals surface area contributed by atoms with E-state index in [2.05, 4.69) is 4.99 Å². The third kappa shape index (κ3) is 2.81. The van der Waals surface area contributed by atoms with Crippen LogP contribution in [0.4, 0.5) is 5.82 Å². The molecule has 2 rings (SSSR count). The minimum atomic E-state index is -1.07. The van der Waals surface area contributed by atoms with Gasteiger partial charge in [-0.05, 0) is 6.07 Å². The van der Waals surface area contributed by atoms with Crippen LogP contribution in [0.25, 0.3) is 0 Å².